The molecule has 54 heavy (non-hydrogen) atoms. The fourth-order valence-corrected chi connectivity index (χ4v) is 9.08. The molecule has 0 unspecified atom stereocenters. The maximum Gasteiger partial charge on any atom is -0.00141 e. The van der Waals surface area contributed by atoms with Crippen molar-refractivity contribution < 1.29 is 0 Å². The normalized spacial score (nSPS) is 11.7. The fourth-order valence-electron chi connectivity index (χ4n) is 9.08. The van der Waals surface area contributed by atoms with E-state index in [0.717, 1.165) is 0 Å². The molecule has 0 saturated heterocycles. The molecule has 11 rings (SSSR count). The average molecular weight is 683 g/mol. The summed E-state index contributed by atoms with van der Waals surface area (Å²) in [7, 11) is 0. The molecule has 0 radical (unpaired) electrons. The Hall–Kier alpha value is -7.02. The molecule has 0 spiro atoms. The van der Waals surface area contributed by atoms with Crippen molar-refractivity contribution in [1.82, 2.24) is 0 Å². The van der Waals surface area contributed by atoms with E-state index in [1.54, 1.807) is 0 Å². The summed E-state index contributed by atoms with van der Waals surface area (Å²) in [6.07, 6.45) is 0. The lowest BCUT2D eigenvalue weighted by molar-refractivity contribution is 1.66. The van der Waals surface area contributed by atoms with Crippen LogP contribution in [0.2, 0.25) is 0 Å². The van der Waals surface area contributed by atoms with Crippen LogP contribution in [0.4, 0.5) is 0 Å². The van der Waals surface area contributed by atoms with Crippen molar-refractivity contribution in [2.75, 3.05) is 0 Å². The Labute approximate surface area is 314 Å². The van der Waals surface area contributed by atoms with Crippen molar-refractivity contribution in [1.29, 1.82) is 0 Å². The van der Waals surface area contributed by atoms with Crippen molar-refractivity contribution >= 4 is 64.6 Å². The summed E-state index contributed by atoms with van der Waals surface area (Å²) in [4.78, 5) is 0. The first-order valence-corrected chi connectivity index (χ1v) is 18.8. The van der Waals surface area contributed by atoms with Gasteiger partial charge in [-0.05, 0) is 121 Å². The van der Waals surface area contributed by atoms with Gasteiger partial charge in [-0.1, -0.05) is 194 Å². The fraction of sp³-hybridized carbons (Fsp3) is 0. The smallest absolute Gasteiger partial charge is 0.00141 e. The molecule has 0 aliphatic carbocycles. The molecule has 0 aliphatic rings. The van der Waals surface area contributed by atoms with Gasteiger partial charge in [-0.15, -0.1) is 0 Å². The zero-order valence-electron chi connectivity index (χ0n) is 29.6. The molecule has 0 aliphatic heterocycles. The molecule has 0 amide bonds. The van der Waals surface area contributed by atoms with Crippen LogP contribution in [0.25, 0.3) is 109 Å². The maximum atomic E-state index is 2.42. The van der Waals surface area contributed by atoms with Gasteiger partial charge in [0.15, 0.2) is 0 Å². The number of rotatable bonds is 4. The van der Waals surface area contributed by atoms with Gasteiger partial charge < -0.3 is 0 Å². The Morgan fingerprint density at radius 3 is 1.07 bits per heavy atom. The van der Waals surface area contributed by atoms with Gasteiger partial charge in [-0.2, -0.15) is 0 Å². The van der Waals surface area contributed by atoms with Crippen LogP contribution in [0.3, 0.4) is 0 Å². The van der Waals surface area contributed by atoms with Crippen molar-refractivity contribution in [2.45, 2.75) is 0 Å². The Bertz CT molecular complexity index is 3190. The van der Waals surface area contributed by atoms with Crippen LogP contribution in [0.5, 0.6) is 0 Å². The highest BCUT2D eigenvalue weighted by Crippen LogP contribution is 2.48. The first kappa shape index (κ1) is 30.6. The van der Waals surface area contributed by atoms with Crippen LogP contribution in [-0.4, -0.2) is 0 Å². The summed E-state index contributed by atoms with van der Waals surface area (Å²) >= 11 is 0. The van der Waals surface area contributed by atoms with E-state index in [4.69, 9.17) is 0 Å². The van der Waals surface area contributed by atoms with Gasteiger partial charge >= 0.3 is 0 Å². The van der Waals surface area contributed by atoms with Crippen LogP contribution in [0.1, 0.15) is 0 Å². The quantitative estimate of drug-likeness (QED) is 0.128. The molecule has 250 valence electrons. The second kappa shape index (κ2) is 12.3. The van der Waals surface area contributed by atoms with Crippen molar-refractivity contribution in [2.24, 2.45) is 0 Å². The third-order valence-corrected chi connectivity index (χ3v) is 11.4. The summed E-state index contributed by atoms with van der Waals surface area (Å²) in [5.74, 6) is 0. The number of fused-ring (bicyclic) bond motifs is 7. The highest BCUT2D eigenvalue weighted by atomic mass is 14.2. The maximum absolute atomic E-state index is 2.42. The summed E-state index contributed by atoms with van der Waals surface area (Å²) in [6.45, 7) is 0. The standard InChI is InChI=1S/C54H34/c1-3-16-37(17-4-1)50-43-21-9-11-23-45(43)51(46-24-12-10-22-44(46)50)39-29-27-35-28-30-40(34-41(35)33-39)52-47-25-13-14-26-48(47)53(38-18-5-2-6-19-38)54-42-20-8-7-15-36(42)31-32-49(52)54/h1-34H. The monoisotopic (exact) mass is 682 g/mol. The highest BCUT2D eigenvalue weighted by molar-refractivity contribution is 6.28. The van der Waals surface area contributed by atoms with Crippen molar-refractivity contribution in [3.05, 3.63) is 206 Å². The predicted molar refractivity (Wildman–Crippen MR) is 233 cm³/mol. The average Bonchev–Trinajstić information content (AvgIpc) is 3.24. The van der Waals surface area contributed by atoms with Gasteiger partial charge in [-0.3, -0.25) is 0 Å². The minimum absolute atomic E-state index is 1.23. The number of benzene rings is 11. The molecule has 0 bridgehead atoms. The van der Waals surface area contributed by atoms with Gasteiger partial charge in [0.2, 0.25) is 0 Å². The number of hydrogen-bond acceptors (Lipinski definition) is 0. The SMILES string of the molecule is c1ccc(-c2c3ccccc3c(-c3ccc4ccc(-c5c6ccccc6c(-c6ccccc6)c6c5ccc5ccccc56)cc4c3)c3ccccc23)cc1. The summed E-state index contributed by atoms with van der Waals surface area (Å²) in [5, 5.41) is 15.2. The topological polar surface area (TPSA) is 0 Å². The zero-order chi connectivity index (χ0) is 35.6. The van der Waals surface area contributed by atoms with Crippen LogP contribution < -0.4 is 0 Å². The molecule has 0 nitrogen and oxygen atoms in total. The van der Waals surface area contributed by atoms with Crippen molar-refractivity contribution in [3.63, 3.8) is 0 Å². The molecule has 0 saturated carbocycles. The molecule has 11 aromatic rings. The summed E-state index contributed by atoms with van der Waals surface area (Å²) < 4.78 is 0. The highest BCUT2D eigenvalue weighted by Gasteiger charge is 2.20. The third-order valence-electron chi connectivity index (χ3n) is 11.4. The molecule has 0 atom stereocenters. The van der Waals surface area contributed by atoms with Crippen LogP contribution in [-0.2, 0) is 0 Å². The first-order valence-electron chi connectivity index (χ1n) is 18.8. The third kappa shape index (κ3) is 4.71. The summed E-state index contributed by atoms with van der Waals surface area (Å²) in [6, 6.07) is 76.1. The van der Waals surface area contributed by atoms with Gasteiger partial charge in [-0.25, -0.2) is 0 Å². The van der Waals surface area contributed by atoms with E-state index in [0.29, 0.717) is 0 Å². The summed E-state index contributed by atoms with van der Waals surface area (Å²) in [5.41, 5.74) is 10.1. The van der Waals surface area contributed by atoms with Crippen LogP contribution in [0, 0.1) is 0 Å². The minimum Gasteiger partial charge on any atom is -0.0622 e. The molecule has 0 heterocycles. The first-order chi connectivity index (χ1) is 26.8. The van der Waals surface area contributed by atoms with Gasteiger partial charge in [0, 0.05) is 0 Å². The van der Waals surface area contributed by atoms with E-state index >= 15 is 0 Å². The molecule has 0 fully saturated rings. The Kier molecular flexibility index (Phi) is 6.97. The van der Waals surface area contributed by atoms with Gasteiger partial charge in [0.25, 0.3) is 0 Å². The van der Waals surface area contributed by atoms with Crippen LogP contribution >= 0.6 is 0 Å². The Morgan fingerprint density at radius 2 is 0.556 bits per heavy atom. The Morgan fingerprint density at radius 1 is 0.185 bits per heavy atom. The van der Waals surface area contributed by atoms with Crippen molar-refractivity contribution in [3.8, 4) is 44.5 Å². The van der Waals surface area contributed by atoms with E-state index in [-0.39, 0.29) is 0 Å². The van der Waals surface area contributed by atoms with Gasteiger partial charge in [0.05, 0.1) is 0 Å². The van der Waals surface area contributed by atoms with E-state index in [9.17, 15) is 0 Å². The van der Waals surface area contributed by atoms with E-state index in [1.807, 2.05) is 0 Å². The number of hydrogen-bond donors (Lipinski definition) is 0. The largest absolute Gasteiger partial charge is 0.0622 e. The molecule has 11 aromatic carbocycles. The predicted octanol–water partition coefficient (Wildman–Crippen LogP) is 15.3. The molecular formula is C54H34. The molecular weight excluding hydrogens is 649 g/mol. The van der Waals surface area contributed by atoms with E-state index in [1.165, 1.54) is 109 Å². The van der Waals surface area contributed by atoms with E-state index in [2.05, 4.69) is 206 Å². The second-order valence-corrected chi connectivity index (χ2v) is 14.4. The molecule has 0 N–H and O–H groups in total. The lowest BCUT2D eigenvalue weighted by Gasteiger charge is -2.20. The molecule has 0 heteroatoms. The lowest BCUT2D eigenvalue weighted by atomic mass is 9.83. The minimum atomic E-state index is 1.23. The van der Waals surface area contributed by atoms with Crippen LogP contribution in [0.15, 0.2) is 206 Å². The lowest BCUT2D eigenvalue weighted by Crippen LogP contribution is -1.92. The second-order valence-electron chi connectivity index (χ2n) is 14.4. The van der Waals surface area contributed by atoms with E-state index < -0.39 is 0 Å². The molecule has 0 aromatic heterocycles. The zero-order valence-corrected chi connectivity index (χ0v) is 29.6. The van der Waals surface area contributed by atoms with Gasteiger partial charge in [0.1, 0.15) is 0 Å². The Balaban J connectivity index is 1.19.